The first-order chi connectivity index (χ1) is 26.5. The minimum absolute atomic E-state index is 0.0161. The molecular formula is C47H52FNO6. The number of aliphatic hydroxyl groups excluding tert-OH is 1. The number of rotatable bonds is 8. The van der Waals surface area contributed by atoms with Crippen molar-refractivity contribution in [2.45, 2.75) is 87.7 Å². The van der Waals surface area contributed by atoms with E-state index in [4.69, 9.17) is 14.2 Å². The van der Waals surface area contributed by atoms with Crippen LogP contribution >= 0.6 is 0 Å². The summed E-state index contributed by atoms with van der Waals surface area (Å²) in [6.07, 6.45) is 5.26. The number of carbonyl (C=O) groups excluding carboxylic acids is 2. The Bertz CT molecular complexity index is 1900. The monoisotopic (exact) mass is 745 g/mol. The molecule has 5 fully saturated rings. The lowest BCUT2D eigenvalue weighted by Gasteiger charge is -2.62. The van der Waals surface area contributed by atoms with Gasteiger partial charge in [0.25, 0.3) is 0 Å². The maximum atomic E-state index is 18.2. The second-order valence-electron chi connectivity index (χ2n) is 17.5. The molecule has 0 bridgehead atoms. The highest BCUT2D eigenvalue weighted by Gasteiger charge is 2.79. The third-order valence-corrected chi connectivity index (χ3v) is 14.9. The van der Waals surface area contributed by atoms with E-state index in [-0.39, 0.29) is 36.4 Å². The van der Waals surface area contributed by atoms with E-state index in [1.165, 1.54) is 6.08 Å². The van der Waals surface area contributed by atoms with Crippen LogP contribution in [0.25, 0.3) is 0 Å². The molecule has 9 rings (SSSR count). The summed E-state index contributed by atoms with van der Waals surface area (Å²) in [7, 11) is 2.11. The van der Waals surface area contributed by atoms with Crippen LogP contribution in [0.1, 0.15) is 69.1 Å². The van der Waals surface area contributed by atoms with Crippen molar-refractivity contribution in [3.63, 3.8) is 0 Å². The van der Waals surface area contributed by atoms with Crippen LogP contribution in [-0.4, -0.2) is 78.1 Å². The van der Waals surface area contributed by atoms with Crippen molar-refractivity contribution in [1.29, 1.82) is 0 Å². The number of ketones is 2. The molecule has 8 heteroatoms. The molecule has 0 amide bonds. The number of carbonyl (C=O) groups is 2. The van der Waals surface area contributed by atoms with E-state index in [0.29, 0.717) is 19.3 Å². The maximum Gasteiger partial charge on any atom is 0.193 e. The molecule has 0 aromatic heterocycles. The van der Waals surface area contributed by atoms with Gasteiger partial charge in [0, 0.05) is 22.7 Å². The van der Waals surface area contributed by atoms with Gasteiger partial charge in [-0.1, -0.05) is 110 Å². The Labute approximate surface area is 323 Å². The number of piperidine rings is 1. The molecule has 0 radical (unpaired) electrons. The quantitative estimate of drug-likeness (QED) is 0.241. The number of Topliss-reactive ketones (excluding diaryl/α,β-unsaturated/α-hetero) is 1. The molecule has 6 aliphatic rings. The van der Waals surface area contributed by atoms with Gasteiger partial charge in [-0.3, -0.25) is 9.59 Å². The van der Waals surface area contributed by atoms with Crippen molar-refractivity contribution < 1.29 is 33.3 Å². The Kier molecular flexibility index (Phi) is 8.98. The minimum atomic E-state index is -2.03. The number of nitrogens with zero attached hydrogens (tertiary/aromatic N) is 1. The van der Waals surface area contributed by atoms with Gasteiger partial charge in [-0.05, 0) is 100 Å². The van der Waals surface area contributed by atoms with E-state index in [2.05, 4.69) is 11.9 Å². The van der Waals surface area contributed by atoms with E-state index in [9.17, 15) is 9.90 Å². The molecule has 288 valence electrons. The predicted molar refractivity (Wildman–Crippen MR) is 207 cm³/mol. The fraction of sp³-hybridized carbons (Fsp3) is 0.489. The van der Waals surface area contributed by atoms with Crippen LogP contribution in [0.2, 0.25) is 0 Å². The van der Waals surface area contributed by atoms with Crippen LogP contribution in [0, 0.1) is 28.6 Å². The van der Waals surface area contributed by atoms with Gasteiger partial charge in [0.15, 0.2) is 29.1 Å². The van der Waals surface area contributed by atoms with E-state index in [1.54, 1.807) is 12.2 Å². The highest BCUT2D eigenvalue weighted by Crippen LogP contribution is 2.72. The maximum absolute atomic E-state index is 18.2. The molecule has 55 heavy (non-hydrogen) atoms. The molecule has 7 nitrogen and oxygen atoms in total. The van der Waals surface area contributed by atoms with Crippen LogP contribution in [0.15, 0.2) is 115 Å². The number of allylic oxidation sites excluding steroid dienone is 4. The molecule has 2 aliphatic heterocycles. The fourth-order valence-corrected chi connectivity index (χ4v) is 12.0. The molecule has 3 aromatic carbocycles. The normalized spacial score (nSPS) is 37.4. The summed E-state index contributed by atoms with van der Waals surface area (Å²) in [5.41, 5.74) is -3.37. The first kappa shape index (κ1) is 36.8. The Hall–Kier alpha value is -3.79. The Morgan fingerprint density at radius 2 is 1.49 bits per heavy atom. The average molecular weight is 746 g/mol. The number of halogens is 1. The molecule has 0 spiro atoms. The van der Waals surface area contributed by atoms with Crippen molar-refractivity contribution >= 4 is 11.6 Å². The van der Waals surface area contributed by atoms with E-state index in [1.807, 2.05) is 105 Å². The number of likely N-dealkylation sites (tertiary alicyclic amines) is 1. The molecule has 2 heterocycles. The lowest BCUT2D eigenvalue weighted by molar-refractivity contribution is -0.237. The van der Waals surface area contributed by atoms with Crippen LogP contribution in [0.5, 0.6) is 0 Å². The lowest BCUT2D eigenvalue weighted by Crippen LogP contribution is -2.70. The first-order valence-electron chi connectivity index (χ1n) is 20.1. The molecule has 3 aromatic rings. The SMILES string of the molecule is CN1CCC(C2O[C@H]3C[C@H]4[C@@H]5CCC6=CC(=O)C=C[C@]6(C)C5(F)[C@@H](O)C[C@]4(C)[C@]3(C(=O)COC(c3ccccc3)(c3ccccc3)c3ccccc3)O2)CC1. The topological polar surface area (TPSA) is 85.3 Å². The minimum Gasteiger partial charge on any atom is -0.390 e. The van der Waals surface area contributed by atoms with Crippen LogP contribution < -0.4 is 0 Å². The lowest BCUT2D eigenvalue weighted by atomic mass is 9.44. The number of hydrogen-bond acceptors (Lipinski definition) is 7. The molecule has 1 N–H and O–H groups in total. The summed E-state index contributed by atoms with van der Waals surface area (Å²) in [4.78, 5) is 30.4. The number of fused-ring (bicyclic) bond motifs is 7. The summed E-state index contributed by atoms with van der Waals surface area (Å²) < 4.78 is 39.5. The van der Waals surface area contributed by atoms with Crippen LogP contribution in [0.4, 0.5) is 4.39 Å². The number of benzene rings is 3. The van der Waals surface area contributed by atoms with E-state index in [0.717, 1.165) is 48.2 Å². The first-order valence-corrected chi connectivity index (χ1v) is 20.1. The van der Waals surface area contributed by atoms with Gasteiger partial charge in [-0.2, -0.15) is 0 Å². The number of aliphatic hydroxyl groups is 1. The number of alkyl halides is 1. The second kappa shape index (κ2) is 13.4. The standard InChI is InChI=1S/C47H52FNO6/c1-43-24-21-36(50)27-35(43)19-20-37-38-28-41-47(44(38,2)29-39(51)46(37,43)48,55-42(54-41)31-22-25-49(3)26-23-31)40(52)30-53-45(32-13-7-4-8-14-32,33-15-9-5-10-16-33)34-17-11-6-12-18-34/h4-18,21,24,27,31,37-39,41-42,51H,19-20,22-23,25-26,28-30H2,1-3H3/t37-,38-,39-,41-,42?,43-,44-,46?,47+/m0/s1. The molecule has 2 saturated heterocycles. The summed E-state index contributed by atoms with van der Waals surface area (Å²) in [5.74, 6) is -1.19. The summed E-state index contributed by atoms with van der Waals surface area (Å²) >= 11 is 0. The smallest absolute Gasteiger partial charge is 0.193 e. The number of ether oxygens (including phenoxy) is 3. The van der Waals surface area contributed by atoms with E-state index >= 15 is 9.18 Å². The molecule has 4 aliphatic carbocycles. The number of hydrogen-bond donors (Lipinski definition) is 1. The van der Waals surface area contributed by atoms with Gasteiger partial charge in [-0.25, -0.2) is 4.39 Å². The van der Waals surface area contributed by atoms with Crippen molar-refractivity contribution in [1.82, 2.24) is 4.90 Å². The average Bonchev–Trinajstić information content (AvgIpc) is 3.70. The zero-order valence-electron chi connectivity index (χ0n) is 32.0. The third-order valence-electron chi connectivity index (χ3n) is 14.9. The molecule has 2 unspecified atom stereocenters. The van der Waals surface area contributed by atoms with Gasteiger partial charge in [-0.15, -0.1) is 0 Å². The van der Waals surface area contributed by atoms with Gasteiger partial charge < -0.3 is 24.2 Å². The Balaban J connectivity index is 1.13. The highest BCUT2D eigenvalue weighted by atomic mass is 19.1. The zero-order valence-corrected chi connectivity index (χ0v) is 32.0. The Morgan fingerprint density at radius 3 is 2.07 bits per heavy atom. The van der Waals surface area contributed by atoms with Gasteiger partial charge in [0.2, 0.25) is 0 Å². The van der Waals surface area contributed by atoms with Crippen LogP contribution in [-0.2, 0) is 29.4 Å². The van der Waals surface area contributed by atoms with Crippen molar-refractivity contribution in [2.75, 3.05) is 26.7 Å². The fourth-order valence-electron chi connectivity index (χ4n) is 12.0. The third kappa shape index (κ3) is 5.24. The zero-order chi connectivity index (χ0) is 38.2. The van der Waals surface area contributed by atoms with Crippen molar-refractivity contribution in [3.05, 3.63) is 131 Å². The van der Waals surface area contributed by atoms with Gasteiger partial charge in [0.1, 0.15) is 12.2 Å². The molecule has 9 atom stereocenters. The summed E-state index contributed by atoms with van der Waals surface area (Å²) in [6, 6.07) is 30.0. The van der Waals surface area contributed by atoms with Crippen molar-refractivity contribution in [2.24, 2.45) is 28.6 Å². The van der Waals surface area contributed by atoms with Crippen molar-refractivity contribution in [3.8, 4) is 0 Å². The Morgan fingerprint density at radius 1 is 0.909 bits per heavy atom. The van der Waals surface area contributed by atoms with Gasteiger partial charge >= 0.3 is 0 Å². The highest BCUT2D eigenvalue weighted by molar-refractivity contribution is 6.01. The predicted octanol–water partition coefficient (Wildman–Crippen LogP) is 7.37. The summed E-state index contributed by atoms with van der Waals surface area (Å²) in [5, 5.41) is 12.2. The van der Waals surface area contributed by atoms with Gasteiger partial charge in [0.05, 0.1) is 12.2 Å². The van der Waals surface area contributed by atoms with E-state index < -0.39 is 52.1 Å². The second-order valence-corrected chi connectivity index (χ2v) is 17.5. The molecule has 3 saturated carbocycles. The summed E-state index contributed by atoms with van der Waals surface area (Å²) in [6.45, 7) is 5.38. The molecular weight excluding hydrogens is 694 g/mol. The van der Waals surface area contributed by atoms with Crippen LogP contribution in [0.3, 0.4) is 0 Å². The largest absolute Gasteiger partial charge is 0.390 e.